The Kier molecular flexibility index (Phi) is 4.03. The van der Waals surface area contributed by atoms with Crippen LogP contribution in [0.2, 0.25) is 0 Å². The molecule has 1 unspecified atom stereocenters. The lowest BCUT2D eigenvalue weighted by molar-refractivity contribution is 0.508. The molecule has 0 amide bonds. The first-order chi connectivity index (χ1) is 6.22. The van der Waals surface area contributed by atoms with Crippen LogP contribution < -0.4 is 5.32 Å². The van der Waals surface area contributed by atoms with Crippen LogP contribution in [0.3, 0.4) is 0 Å². The topological polar surface area (TPSA) is 17.0 Å². The quantitative estimate of drug-likeness (QED) is 0.735. The van der Waals surface area contributed by atoms with E-state index in [-0.39, 0.29) is 0 Å². The highest BCUT2D eigenvalue weighted by Crippen LogP contribution is 2.01. The maximum absolute atomic E-state index is 3.50. The molecule has 0 aliphatic carbocycles. The highest BCUT2D eigenvalue weighted by Gasteiger charge is 1.99. The number of aromatic nitrogens is 1. The number of aryl methyl sites for hydroxylation is 1. The molecule has 0 aliphatic heterocycles. The molecule has 0 aromatic carbocycles. The van der Waals surface area contributed by atoms with E-state index in [0.717, 1.165) is 6.54 Å². The molecule has 1 aromatic heterocycles. The van der Waals surface area contributed by atoms with Gasteiger partial charge in [-0.05, 0) is 25.0 Å². The van der Waals surface area contributed by atoms with E-state index in [2.05, 4.69) is 49.2 Å². The zero-order chi connectivity index (χ0) is 9.68. The molecule has 74 valence electrons. The number of nitrogens with one attached hydrogen (secondary N) is 1. The Morgan fingerprint density at radius 2 is 2.31 bits per heavy atom. The third kappa shape index (κ3) is 3.64. The van der Waals surface area contributed by atoms with Gasteiger partial charge in [0.05, 0.1) is 0 Å². The van der Waals surface area contributed by atoms with Crippen LogP contribution >= 0.6 is 0 Å². The smallest absolute Gasteiger partial charge is 0.0223 e. The van der Waals surface area contributed by atoms with Gasteiger partial charge in [-0.1, -0.05) is 13.3 Å². The summed E-state index contributed by atoms with van der Waals surface area (Å²) in [7, 11) is 2.05. The van der Waals surface area contributed by atoms with Gasteiger partial charge in [0.25, 0.3) is 0 Å². The van der Waals surface area contributed by atoms with Crippen molar-refractivity contribution >= 4 is 0 Å². The van der Waals surface area contributed by atoms with Crippen LogP contribution in [0.4, 0.5) is 0 Å². The number of nitrogens with zero attached hydrogens (tertiary/aromatic N) is 1. The summed E-state index contributed by atoms with van der Waals surface area (Å²) >= 11 is 0. The zero-order valence-corrected chi connectivity index (χ0v) is 8.88. The van der Waals surface area contributed by atoms with Crippen molar-refractivity contribution in [3.8, 4) is 0 Å². The van der Waals surface area contributed by atoms with E-state index in [4.69, 9.17) is 0 Å². The van der Waals surface area contributed by atoms with Gasteiger partial charge in [-0.2, -0.15) is 0 Å². The van der Waals surface area contributed by atoms with Crippen LogP contribution in [0.15, 0.2) is 18.5 Å². The SMILES string of the molecule is CCCC(C)NCc1ccn(C)c1. The highest BCUT2D eigenvalue weighted by molar-refractivity contribution is 5.09. The van der Waals surface area contributed by atoms with Gasteiger partial charge in [0.15, 0.2) is 0 Å². The molecule has 1 atom stereocenters. The molecule has 0 bridgehead atoms. The fraction of sp³-hybridized carbons (Fsp3) is 0.636. The Morgan fingerprint density at radius 3 is 2.85 bits per heavy atom. The molecule has 2 heteroatoms. The molecule has 1 aromatic rings. The summed E-state index contributed by atoms with van der Waals surface area (Å²) in [5.74, 6) is 0. The van der Waals surface area contributed by atoms with Gasteiger partial charge in [-0.25, -0.2) is 0 Å². The van der Waals surface area contributed by atoms with Crippen molar-refractivity contribution in [2.75, 3.05) is 0 Å². The van der Waals surface area contributed by atoms with Crippen molar-refractivity contribution in [2.45, 2.75) is 39.3 Å². The first-order valence-electron chi connectivity index (χ1n) is 5.06. The van der Waals surface area contributed by atoms with Gasteiger partial charge < -0.3 is 9.88 Å². The standard InChI is InChI=1S/C11H20N2/c1-4-5-10(2)12-8-11-6-7-13(3)9-11/h6-7,9-10,12H,4-5,8H2,1-3H3. The van der Waals surface area contributed by atoms with Crippen molar-refractivity contribution in [2.24, 2.45) is 7.05 Å². The fourth-order valence-electron chi connectivity index (χ4n) is 1.49. The minimum Gasteiger partial charge on any atom is -0.357 e. The summed E-state index contributed by atoms with van der Waals surface area (Å²) in [6.07, 6.45) is 6.75. The molecular weight excluding hydrogens is 160 g/mol. The molecule has 1 heterocycles. The van der Waals surface area contributed by atoms with Crippen LogP contribution in [0.5, 0.6) is 0 Å². The van der Waals surface area contributed by atoms with E-state index in [1.165, 1.54) is 18.4 Å². The van der Waals surface area contributed by atoms with Gasteiger partial charge in [-0.15, -0.1) is 0 Å². The first-order valence-corrected chi connectivity index (χ1v) is 5.06. The monoisotopic (exact) mass is 180 g/mol. The third-order valence-corrected chi connectivity index (χ3v) is 2.27. The molecule has 1 rings (SSSR count). The molecule has 0 saturated heterocycles. The van der Waals surface area contributed by atoms with Gasteiger partial charge in [0.2, 0.25) is 0 Å². The van der Waals surface area contributed by atoms with Crippen LogP contribution in [0.25, 0.3) is 0 Å². The third-order valence-electron chi connectivity index (χ3n) is 2.27. The minimum atomic E-state index is 0.630. The summed E-state index contributed by atoms with van der Waals surface area (Å²) in [6.45, 7) is 5.45. The Balaban J connectivity index is 2.26. The van der Waals surface area contributed by atoms with Crippen molar-refractivity contribution in [3.05, 3.63) is 24.0 Å². The van der Waals surface area contributed by atoms with Crippen LogP contribution in [0, 0.1) is 0 Å². The highest BCUT2D eigenvalue weighted by atomic mass is 14.9. The molecule has 13 heavy (non-hydrogen) atoms. The van der Waals surface area contributed by atoms with Crippen molar-refractivity contribution in [1.82, 2.24) is 9.88 Å². The maximum Gasteiger partial charge on any atom is 0.0223 e. The van der Waals surface area contributed by atoms with E-state index in [1.54, 1.807) is 0 Å². The molecule has 0 fully saturated rings. The molecule has 2 nitrogen and oxygen atoms in total. The van der Waals surface area contributed by atoms with Crippen molar-refractivity contribution in [3.63, 3.8) is 0 Å². The van der Waals surface area contributed by atoms with Gasteiger partial charge >= 0.3 is 0 Å². The Morgan fingerprint density at radius 1 is 1.54 bits per heavy atom. The Bertz CT molecular complexity index is 240. The first kappa shape index (κ1) is 10.3. The summed E-state index contributed by atoms with van der Waals surface area (Å²) in [5.41, 5.74) is 1.37. The summed E-state index contributed by atoms with van der Waals surface area (Å²) in [6, 6.07) is 2.79. The Hall–Kier alpha value is -0.760. The van der Waals surface area contributed by atoms with E-state index in [1.807, 2.05) is 0 Å². The van der Waals surface area contributed by atoms with Crippen molar-refractivity contribution in [1.29, 1.82) is 0 Å². The lowest BCUT2D eigenvalue weighted by atomic mass is 10.2. The second-order valence-electron chi connectivity index (χ2n) is 3.76. The van der Waals surface area contributed by atoms with Crippen molar-refractivity contribution < 1.29 is 0 Å². The van der Waals surface area contributed by atoms with Gasteiger partial charge in [0, 0.05) is 32.0 Å². The summed E-state index contributed by atoms with van der Waals surface area (Å²) < 4.78 is 2.08. The molecule has 0 saturated carbocycles. The van der Waals surface area contributed by atoms with Gasteiger partial charge in [-0.3, -0.25) is 0 Å². The minimum absolute atomic E-state index is 0.630. The van der Waals surface area contributed by atoms with E-state index in [0.29, 0.717) is 6.04 Å². The maximum atomic E-state index is 3.50. The molecular formula is C11H20N2. The van der Waals surface area contributed by atoms with E-state index in [9.17, 15) is 0 Å². The number of hydrogen-bond acceptors (Lipinski definition) is 1. The molecule has 0 radical (unpaired) electrons. The van der Waals surface area contributed by atoms with Crippen LogP contribution in [0.1, 0.15) is 32.3 Å². The predicted molar refractivity (Wildman–Crippen MR) is 56.6 cm³/mol. The van der Waals surface area contributed by atoms with Crippen LogP contribution in [-0.4, -0.2) is 10.6 Å². The average molecular weight is 180 g/mol. The zero-order valence-electron chi connectivity index (χ0n) is 8.88. The van der Waals surface area contributed by atoms with E-state index < -0.39 is 0 Å². The van der Waals surface area contributed by atoms with E-state index >= 15 is 0 Å². The largest absolute Gasteiger partial charge is 0.357 e. The molecule has 0 aliphatic rings. The van der Waals surface area contributed by atoms with Crippen LogP contribution in [-0.2, 0) is 13.6 Å². The summed E-state index contributed by atoms with van der Waals surface area (Å²) in [5, 5.41) is 3.50. The second-order valence-corrected chi connectivity index (χ2v) is 3.76. The summed E-state index contributed by atoms with van der Waals surface area (Å²) in [4.78, 5) is 0. The lowest BCUT2D eigenvalue weighted by Crippen LogP contribution is -2.24. The lowest BCUT2D eigenvalue weighted by Gasteiger charge is -2.11. The number of hydrogen-bond donors (Lipinski definition) is 1. The predicted octanol–water partition coefficient (Wildman–Crippen LogP) is 2.30. The fourth-order valence-corrected chi connectivity index (χ4v) is 1.49. The Labute approximate surface area is 81.0 Å². The molecule has 0 spiro atoms. The average Bonchev–Trinajstić information content (AvgIpc) is 2.49. The normalized spacial score (nSPS) is 13.2. The number of rotatable bonds is 5. The second kappa shape index (κ2) is 5.07. The van der Waals surface area contributed by atoms with Gasteiger partial charge in [0.1, 0.15) is 0 Å². The molecule has 1 N–H and O–H groups in total.